The average molecular weight is 216 g/mol. The van der Waals surface area contributed by atoms with E-state index in [1.54, 1.807) is 0 Å². The maximum atomic E-state index is 10.2. The van der Waals surface area contributed by atoms with Crippen LogP contribution in [-0.4, -0.2) is 24.4 Å². The summed E-state index contributed by atoms with van der Waals surface area (Å²) in [5.41, 5.74) is 3.74. The lowest BCUT2D eigenvalue weighted by molar-refractivity contribution is -0.107. The normalized spacial score (nSPS) is 10.8. The SMILES string of the molecule is Cc1[nH]c2ccccc2c1CCNCC=O. The molecule has 0 saturated heterocycles. The van der Waals surface area contributed by atoms with Crippen molar-refractivity contribution >= 4 is 17.2 Å². The summed E-state index contributed by atoms with van der Waals surface area (Å²) in [7, 11) is 0. The molecule has 0 aliphatic carbocycles. The zero-order valence-corrected chi connectivity index (χ0v) is 9.42. The molecule has 0 saturated carbocycles. The minimum atomic E-state index is 0.432. The second-order valence-corrected chi connectivity index (χ2v) is 3.89. The van der Waals surface area contributed by atoms with Crippen LogP contribution in [-0.2, 0) is 11.2 Å². The lowest BCUT2D eigenvalue weighted by Gasteiger charge is -2.01. The van der Waals surface area contributed by atoms with Gasteiger partial charge in [0.2, 0.25) is 0 Å². The number of H-pyrrole nitrogens is 1. The van der Waals surface area contributed by atoms with Crippen LogP contribution in [0.3, 0.4) is 0 Å². The zero-order chi connectivity index (χ0) is 11.4. The largest absolute Gasteiger partial charge is 0.358 e. The van der Waals surface area contributed by atoms with E-state index in [9.17, 15) is 4.79 Å². The highest BCUT2D eigenvalue weighted by molar-refractivity contribution is 5.84. The molecule has 0 spiro atoms. The number of aromatic amines is 1. The number of rotatable bonds is 5. The van der Waals surface area contributed by atoms with Crippen LogP contribution >= 0.6 is 0 Å². The maximum Gasteiger partial charge on any atom is 0.133 e. The number of hydrogen-bond donors (Lipinski definition) is 2. The Labute approximate surface area is 94.9 Å². The van der Waals surface area contributed by atoms with E-state index >= 15 is 0 Å². The van der Waals surface area contributed by atoms with Crippen molar-refractivity contribution in [2.75, 3.05) is 13.1 Å². The molecule has 2 N–H and O–H groups in total. The van der Waals surface area contributed by atoms with Crippen molar-refractivity contribution in [1.29, 1.82) is 0 Å². The first-order valence-corrected chi connectivity index (χ1v) is 5.53. The summed E-state index contributed by atoms with van der Waals surface area (Å²) in [4.78, 5) is 13.5. The minimum Gasteiger partial charge on any atom is -0.358 e. The fourth-order valence-electron chi connectivity index (χ4n) is 2.03. The Morgan fingerprint density at radius 3 is 3.00 bits per heavy atom. The van der Waals surface area contributed by atoms with Crippen LogP contribution in [0.25, 0.3) is 10.9 Å². The third kappa shape index (κ3) is 2.14. The molecule has 0 aliphatic rings. The molecular weight excluding hydrogens is 200 g/mol. The Balaban J connectivity index is 2.16. The van der Waals surface area contributed by atoms with E-state index in [2.05, 4.69) is 35.4 Å². The molecule has 1 aromatic heterocycles. The quantitative estimate of drug-likeness (QED) is 0.591. The van der Waals surface area contributed by atoms with E-state index in [4.69, 9.17) is 0 Å². The van der Waals surface area contributed by atoms with Gasteiger partial charge < -0.3 is 15.1 Å². The third-order valence-electron chi connectivity index (χ3n) is 2.81. The summed E-state index contributed by atoms with van der Waals surface area (Å²) in [6, 6.07) is 8.31. The molecule has 0 radical (unpaired) electrons. The van der Waals surface area contributed by atoms with Gasteiger partial charge in [-0.05, 0) is 31.5 Å². The van der Waals surface area contributed by atoms with E-state index in [0.717, 1.165) is 19.3 Å². The highest BCUT2D eigenvalue weighted by Crippen LogP contribution is 2.21. The third-order valence-corrected chi connectivity index (χ3v) is 2.81. The van der Waals surface area contributed by atoms with E-state index in [-0.39, 0.29) is 0 Å². The number of hydrogen-bond acceptors (Lipinski definition) is 2. The van der Waals surface area contributed by atoms with Gasteiger partial charge in [0.25, 0.3) is 0 Å². The molecule has 0 unspecified atom stereocenters. The van der Waals surface area contributed by atoms with Gasteiger partial charge in [0.05, 0.1) is 6.54 Å². The van der Waals surface area contributed by atoms with Crippen LogP contribution < -0.4 is 5.32 Å². The highest BCUT2D eigenvalue weighted by atomic mass is 16.1. The molecule has 0 amide bonds. The van der Waals surface area contributed by atoms with Crippen LogP contribution in [0.5, 0.6) is 0 Å². The van der Waals surface area contributed by atoms with E-state index in [0.29, 0.717) is 6.54 Å². The van der Waals surface area contributed by atoms with Gasteiger partial charge in [0.1, 0.15) is 6.29 Å². The average Bonchev–Trinajstić information content (AvgIpc) is 2.61. The molecule has 0 aliphatic heterocycles. The van der Waals surface area contributed by atoms with Crippen LogP contribution in [0.15, 0.2) is 24.3 Å². The van der Waals surface area contributed by atoms with Crippen LogP contribution in [0.2, 0.25) is 0 Å². The summed E-state index contributed by atoms with van der Waals surface area (Å²) >= 11 is 0. The van der Waals surface area contributed by atoms with Crippen molar-refractivity contribution in [3.05, 3.63) is 35.5 Å². The summed E-state index contributed by atoms with van der Waals surface area (Å²) in [5, 5.41) is 4.37. The van der Waals surface area contributed by atoms with Crippen molar-refractivity contribution < 1.29 is 4.79 Å². The maximum absolute atomic E-state index is 10.2. The number of fused-ring (bicyclic) bond motifs is 1. The topological polar surface area (TPSA) is 44.9 Å². The van der Waals surface area contributed by atoms with Crippen molar-refractivity contribution in [3.8, 4) is 0 Å². The Bertz CT molecular complexity index is 488. The number of benzene rings is 1. The fourth-order valence-corrected chi connectivity index (χ4v) is 2.03. The Morgan fingerprint density at radius 1 is 1.38 bits per heavy atom. The summed E-state index contributed by atoms with van der Waals surface area (Å²) in [5.74, 6) is 0. The summed E-state index contributed by atoms with van der Waals surface area (Å²) in [6.07, 6.45) is 1.84. The van der Waals surface area contributed by atoms with Crippen molar-refractivity contribution in [2.24, 2.45) is 0 Å². The molecule has 16 heavy (non-hydrogen) atoms. The summed E-state index contributed by atoms with van der Waals surface area (Å²) in [6.45, 7) is 3.36. The molecule has 0 fully saturated rings. The Kier molecular flexibility index (Phi) is 3.37. The van der Waals surface area contributed by atoms with Crippen molar-refractivity contribution in [1.82, 2.24) is 10.3 Å². The first-order chi connectivity index (χ1) is 7.83. The molecule has 2 aromatic rings. The molecular formula is C13H16N2O. The molecule has 3 heteroatoms. The number of carbonyl (C=O) groups excluding carboxylic acids is 1. The van der Waals surface area contributed by atoms with Gasteiger partial charge in [0, 0.05) is 16.6 Å². The van der Waals surface area contributed by atoms with Gasteiger partial charge in [-0.1, -0.05) is 18.2 Å². The first kappa shape index (κ1) is 10.9. The number of carbonyl (C=O) groups is 1. The van der Waals surface area contributed by atoms with E-state index in [1.807, 2.05) is 6.07 Å². The Morgan fingerprint density at radius 2 is 2.19 bits per heavy atom. The van der Waals surface area contributed by atoms with Gasteiger partial charge in [-0.15, -0.1) is 0 Å². The van der Waals surface area contributed by atoms with E-state index in [1.165, 1.54) is 22.2 Å². The van der Waals surface area contributed by atoms with Gasteiger partial charge in [-0.25, -0.2) is 0 Å². The van der Waals surface area contributed by atoms with Gasteiger partial charge in [0.15, 0.2) is 0 Å². The molecule has 1 heterocycles. The Hall–Kier alpha value is -1.61. The molecule has 1 aromatic carbocycles. The minimum absolute atomic E-state index is 0.432. The fraction of sp³-hybridized carbons (Fsp3) is 0.308. The lowest BCUT2D eigenvalue weighted by Crippen LogP contribution is -2.19. The predicted octanol–water partition coefficient (Wildman–Crippen LogP) is 1.81. The van der Waals surface area contributed by atoms with Gasteiger partial charge >= 0.3 is 0 Å². The molecule has 0 atom stereocenters. The number of aryl methyl sites for hydroxylation is 1. The number of aromatic nitrogens is 1. The van der Waals surface area contributed by atoms with E-state index < -0.39 is 0 Å². The van der Waals surface area contributed by atoms with Gasteiger partial charge in [-0.3, -0.25) is 0 Å². The molecule has 2 rings (SSSR count). The highest BCUT2D eigenvalue weighted by Gasteiger charge is 2.06. The zero-order valence-electron chi connectivity index (χ0n) is 9.42. The predicted molar refractivity (Wildman–Crippen MR) is 65.7 cm³/mol. The van der Waals surface area contributed by atoms with Crippen LogP contribution in [0.4, 0.5) is 0 Å². The van der Waals surface area contributed by atoms with Crippen LogP contribution in [0, 0.1) is 6.92 Å². The number of para-hydroxylation sites is 1. The lowest BCUT2D eigenvalue weighted by atomic mass is 10.1. The number of nitrogens with one attached hydrogen (secondary N) is 2. The smallest absolute Gasteiger partial charge is 0.133 e. The van der Waals surface area contributed by atoms with Crippen molar-refractivity contribution in [3.63, 3.8) is 0 Å². The number of aldehydes is 1. The molecule has 0 bridgehead atoms. The van der Waals surface area contributed by atoms with Crippen molar-refractivity contribution in [2.45, 2.75) is 13.3 Å². The second-order valence-electron chi connectivity index (χ2n) is 3.89. The molecule has 3 nitrogen and oxygen atoms in total. The molecule has 84 valence electrons. The van der Waals surface area contributed by atoms with Gasteiger partial charge in [-0.2, -0.15) is 0 Å². The second kappa shape index (κ2) is 4.94. The summed E-state index contributed by atoms with van der Waals surface area (Å²) < 4.78 is 0. The standard InChI is InChI=1S/C13H16N2O/c1-10-11(6-7-14-8-9-16)12-4-2-3-5-13(12)15-10/h2-5,9,14-15H,6-8H2,1H3. The monoisotopic (exact) mass is 216 g/mol. The first-order valence-electron chi connectivity index (χ1n) is 5.53. The van der Waals surface area contributed by atoms with Crippen LogP contribution in [0.1, 0.15) is 11.3 Å².